The van der Waals surface area contributed by atoms with Gasteiger partial charge in [0.05, 0.1) is 5.71 Å². The third-order valence-corrected chi connectivity index (χ3v) is 4.62. The fraction of sp³-hybridized carbons (Fsp3) is 0.167. The summed E-state index contributed by atoms with van der Waals surface area (Å²) < 4.78 is 5.93. The molecule has 0 radical (unpaired) electrons. The number of nitrogens with one attached hydrogen (secondary N) is 1. The van der Waals surface area contributed by atoms with E-state index in [9.17, 15) is 0 Å². The molecule has 0 saturated carbocycles. The summed E-state index contributed by atoms with van der Waals surface area (Å²) in [5.74, 6) is 0.702. The number of aryl methyl sites for hydroxylation is 2. The standard InChI is InChI=1S/C24H26N4O/c1-16-10-21(11-17(2)28-16)23(14-26)24(27)20-4-3-5-22(12-20)29-15-19-8-6-18(13-25)7-9-19/h3-12,14,27H,13,15,25-26H2,1-2H3/b23-14-,27-24?. The van der Waals surface area contributed by atoms with Crippen LogP contribution in [0.15, 0.2) is 66.9 Å². The zero-order valence-electron chi connectivity index (χ0n) is 16.8. The normalized spacial score (nSPS) is 11.3. The Labute approximate surface area is 171 Å². The van der Waals surface area contributed by atoms with Crippen molar-refractivity contribution < 1.29 is 4.74 Å². The van der Waals surface area contributed by atoms with Gasteiger partial charge in [0.25, 0.3) is 0 Å². The molecule has 148 valence electrons. The number of rotatable bonds is 7. The third kappa shape index (κ3) is 5.09. The Kier molecular flexibility index (Phi) is 6.42. The first-order valence-electron chi connectivity index (χ1n) is 9.47. The van der Waals surface area contributed by atoms with Gasteiger partial charge < -0.3 is 16.2 Å². The van der Waals surface area contributed by atoms with Crippen LogP contribution in [0, 0.1) is 19.3 Å². The smallest absolute Gasteiger partial charge is 0.120 e. The number of hydrogen-bond acceptors (Lipinski definition) is 5. The van der Waals surface area contributed by atoms with E-state index in [-0.39, 0.29) is 0 Å². The summed E-state index contributed by atoms with van der Waals surface area (Å²) >= 11 is 0. The van der Waals surface area contributed by atoms with Crippen LogP contribution < -0.4 is 16.2 Å². The molecule has 29 heavy (non-hydrogen) atoms. The van der Waals surface area contributed by atoms with Crippen LogP contribution in [-0.4, -0.2) is 10.7 Å². The van der Waals surface area contributed by atoms with Crippen LogP contribution in [0.2, 0.25) is 0 Å². The molecule has 0 aliphatic rings. The molecule has 2 aromatic carbocycles. The Balaban J connectivity index is 1.77. The van der Waals surface area contributed by atoms with Crippen LogP contribution in [0.25, 0.3) is 5.57 Å². The van der Waals surface area contributed by atoms with Crippen molar-refractivity contribution in [3.05, 3.63) is 101 Å². The maximum absolute atomic E-state index is 8.67. The topological polar surface area (TPSA) is 98.0 Å². The van der Waals surface area contributed by atoms with Gasteiger partial charge in [-0.2, -0.15) is 0 Å². The van der Waals surface area contributed by atoms with E-state index < -0.39 is 0 Å². The molecule has 0 bridgehead atoms. The molecule has 0 unspecified atom stereocenters. The van der Waals surface area contributed by atoms with Crippen LogP contribution in [0.1, 0.15) is 33.6 Å². The second kappa shape index (κ2) is 9.17. The first kappa shape index (κ1) is 20.3. The van der Waals surface area contributed by atoms with E-state index in [1.54, 1.807) is 0 Å². The zero-order valence-corrected chi connectivity index (χ0v) is 16.8. The number of pyridine rings is 1. The van der Waals surface area contributed by atoms with E-state index in [2.05, 4.69) is 4.98 Å². The van der Waals surface area contributed by atoms with Crippen LogP contribution in [0.4, 0.5) is 0 Å². The number of allylic oxidation sites excluding steroid dienone is 1. The SMILES string of the molecule is Cc1cc(/C(=C/N)C(=N)c2cccc(OCc3ccc(CN)cc3)c2)cc(C)n1. The maximum Gasteiger partial charge on any atom is 0.120 e. The van der Waals surface area contributed by atoms with Gasteiger partial charge in [0.1, 0.15) is 12.4 Å². The summed E-state index contributed by atoms with van der Waals surface area (Å²) in [6.45, 7) is 4.84. The number of nitrogens with zero attached hydrogens (tertiary/aromatic N) is 1. The van der Waals surface area contributed by atoms with Crippen LogP contribution in [-0.2, 0) is 13.2 Å². The average molecular weight is 386 g/mol. The van der Waals surface area contributed by atoms with Crippen molar-refractivity contribution in [2.24, 2.45) is 11.5 Å². The summed E-state index contributed by atoms with van der Waals surface area (Å²) in [5.41, 5.74) is 18.1. The van der Waals surface area contributed by atoms with Gasteiger partial charge in [-0.1, -0.05) is 36.4 Å². The van der Waals surface area contributed by atoms with Crippen LogP contribution >= 0.6 is 0 Å². The van der Waals surface area contributed by atoms with E-state index in [0.29, 0.717) is 30.2 Å². The van der Waals surface area contributed by atoms with Crippen molar-refractivity contribution in [2.75, 3.05) is 0 Å². The summed E-state index contributed by atoms with van der Waals surface area (Å²) in [7, 11) is 0. The predicted molar refractivity (Wildman–Crippen MR) is 118 cm³/mol. The number of hydrogen-bond donors (Lipinski definition) is 3. The van der Waals surface area contributed by atoms with Crippen LogP contribution in [0.5, 0.6) is 5.75 Å². The minimum absolute atomic E-state index is 0.343. The van der Waals surface area contributed by atoms with Crippen molar-refractivity contribution in [1.29, 1.82) is 5.41 Å². The fourth-order valence-corrected chi connectivity index (χ4v) is 3.15. The van der Waals surface area contributed by atoms with Crippen molar-refractivity contribution in [1.82, 2.24) is 4.98 Å². The highest BCUT2D eigenvalue weighted by molar-refractivity contribution is 6.30. The second-order valence-electron chi connectivity index (χ2n) is 6.93. The van der Waals surface area contributed by atoms with Crippen LogP contribution in [0.3, 0.4) is 0 Å². The van der Waals surface area contributed by atoms with E-state index in [4.69, 9.17) is 21.6 Å². The van der Waals surface area contributed by atoms with Crippen molar-refractivity contribution in [2.45, 2.75) is 27.0 Å². The number of aromatic nitrogens is 1. The molecule has 0 saturated heterocycles. The molecule has 1 heterocycles. The van der Waals surface area contributed by atoms with Crippen molar-refractivity contribution in [3.63, 3.8) is 0 Å². The minimum Gasteiger partial charge on any atom is -0.489 e. The molecule has 0 spiro atoms. The third-order valence-electron chi connectivity index (χ3n) is 4.62. The number of nitrogens with two attached hydrogens (primary N) is 2. The molecule has 3 aromatic rings. The van der Waals surface area contributed by atoms with Crippen molar-refractivity contribution >= 4 is 11.3 Å². The monoisotopic (exact) mass is 386 g/mol. The van der Waals surface area contributed by atoms with Gasteiger partial charge in [-0.3, -0.25) is 10.4 Å². The first-order valence-corrected chi connectivity index (χ1v) is 9.47. The molecular formula is C24H26N4O. The van der Waals surface area contributed by atoms with Gasteiger partial charge in [-0.25, -0.2) is 0 Å². The average Bonchev–Trinajstić information content (AvgIpc) is 2.72. The zero-order chi connectivity index (χ0) is 20.8. The lowest BCUT2D eigenvalue weighted by molar-refractivity contribution is 0.306. The predicted octanol–water partition coefficient (Wildman–Crippen LogP) is 4.10. The van der Waals surface area contributed by atoms with E-state index in [0.717, 1.165) is 33.6 Å². The molecule has 0 amide bonds. The number of benzene rings is 2. The van der Waals surface area contributed by atoms with E-state index in [1.807, 2.05) is 74.5 Å². The molecule has 5 N–H and O–H groups in total. The Morgan fingerprint density at radius 3 is 2.24 bits per heavy atom. The van der Waals surface area contributed by atoms with Gasteiger partial charge in [0, 0.05) is 35.3 Å². The molecule has 5 heteroatoms. The molecule has 0 atom stereocenters. The molecular weight excluding hydrogens is 360 g/mol. The summed E-state index contributed by atoms with van der Waals surface area (Å²) in [6, 6.07) is 19.4. The highest BCUT2D eigenvalue weighted by Crippen LogP contribution is 2.23. The van der Waals surface area contributed by atoms with Gasteiger partial charge in [-0.05, 0) is 54.8 Å². The Bertz CT molecular complexity index is 1020. The van der Waals surface area contributed by atoms with E-state index in [1.165, 1.54) is 6.20 Å². The summed E-state index contributed by atoms with van der Waals surface area (Å²) in [4.78, 5) is 4.40. The Morgan fingerprint density at radius 2 is 1.62 bits per heavy atom. The number of ether oxygens (including phenoxy) is 1. The Morgan fingerprint density at radius 1 is 0.966 bits per heavy atom. The lowest BCUT2D eigenvalue weighted by Gasteiger charge is -2.13. The lowest BCUT2D eigenvalue weighted by Crippen LogP contribution is -2.07. The summed E-state index contributed by atoms with van der Waals surface area (Å²) in [6.07, 6.45) is 1.48. The fourth-order valence-electron chi connectivity index (χ4n) is 3.15. The van der Waals surface area contributed by atoms with Gasteiger partial charge in [0.2, 0.25) is 0 Å². The van der Waals surface area contributed by atoms with Gasteiger partial charge in [0.15, 0.2) is 0 Å². The van der Waals surface area contributed by atoms with Gasteiger partial charge in [-0.15, -0.1) is 0 Å². The molecule has 0 aliphatic heterocycles. The highest BCUT2D eigenvalue weighted by atomic mass is 16.5. The summed E-state index contributed by atoms with van der Waals surface area (Å²) in [5, 5.41) is 8.67. The molecule has 0 aliphatic carbocycles. The maximum atomic E-state index is 8.67. The lowest BCUT2D eigenvalue weighted by atomic mass is 9.96. The molecule has 0 fully saturated rings. The Hall–Kier alpha value is -3.44. The quantitative estimate of drug-likeness (QED) is 0.532. The molecule has 1 aromatic heterocycles. The van der Waals surface area contributed by atoms with E-state index >= 15 is 0 Å². The second-order valence-corrected chi connectivity index (χ2v) is 6.93. The molecule has 5 nitrogen and oxygen atoms in total. The highest BCUT2D eigenvalue weighted by Gasteiger charge is 2.12. The van der Waals surface area contributed by atoms with Crippen molar-refractivity contribution in [3.8, 4) is 5.75 Å². The minimum atomic E-state index is 0.343. The first-order chi connectivity index (χ1) is 14.0. The largest absolute Gasteiger partial charge is 0.489 e. The van der Waals surface area contributed by atoms with Gasteiger partial charge >= 0.3 is 0 Å². The molecule has 3 rings (SSSR count).